The first-order valence-electron chi connectivity index (χ1n) is 15.1. The normalized spacial score (nSPS) is 19.0. The Bertz CT molecular complexity index is 1160. The lowest BCUT2D eigenvalue weighted by atomic mass is 9.90. The second-order valence-electron chi connectivity index (χ2n) is 13.9. The van der Waals surface area contributed by atoms with E-state index in [-0.39, 0.29) is 39.1 Å². The lowest BCUT2D eigenvalue weighted by Crippen LogP contribution is -2.54. The zero-order valence-corrected chi connectivity index (χ0v) is 28.0. The van der Waals surface area contributed by atoms with Crippen molar-refractivity contribution < 1.29 is 38.1 Å². The van der Waals surface area contributed by atoms with E-state index in [1.165, 1.54) is 9.80 Å². The highest BCUT2D eigenvalue weighted by Gasteiger charge is 2.57. The standard InChI is InChI=1S/C33H51N3O8/c1-11-12-18-33(26(37)41-23-24-16-14-13-15-17-24)21-25(22-36(33)29(40)44-32(8,9)10)35(28(39)43-31(5,6)7)20-19-34-27(38)42-30(2,3)4/h11-17,25H,18-23H2,1-10H3,(H,34,38)/b12-11+/t25-,33?/m1/s1. The van der Waals surface area contributed by atoms with E-state index in [0.29, 0.717) is 0 Å². The van der Waals surface area contributed by atoms with Gasteiger partial charge in [0.1, 0.15) is 28.9 Å². The Morgan fingerprint density at radius 1 is 0.932 bits per heavy atom. The molecule has 11 nitrogen and oxygen atoms in total. The fraction of sp³-hybridized carbons (Fsp3) is 0.636. The van der Waals surface area contributed by atoms with Crippen LogP contribution in [0.3, 0.4) is 0 Å². The van der Waals surface area contributed by atoms with Crippen molar-refractivity contribution in [1.29, 1.82) is 0 Å². The summed E-state index contributed by atoms with van der Waals surface area (Å²) in [5, 5.41) is 2.67. The van der Waals surface area contributed by atoms with Gasteiger partial charge in [-0.3, -0.25) is 4.90 Å². The second kappa shape index (κ2) is 14.8. The van der Waals surface area contributed by atoms with E-state index in [0.717, 1.165) is 5.56 Å². The van der Waals surface area contributed by atoms with Crippen molar-refractivity contribution in [2.45, 2.75) is 117 Å². The van der Waals surface area contributed by atoms with Crippen molar-refractivity contribution >= 4 is 24.2 Å². The number of amides is 3. The van der Waals surface area contributed by atoms with Gasteiger partial charge in [-0.15, -0.1) is 0 Å². The summed E-state index contributed by atoms with van der Waals surface area (Å²) < 4.78 is 22.6. The third-order valence-corrected chi connectivity index (χ3v) is 6.47. The quantitative estimate of drug-likeness (QED) is 0.197. The number of alkyl carbamates (subject to hydrolysis) is 1. The van der Waals surface area contributed by atoms with Crippen LogP contribution in [0.15, 0.2) is 42.5 Å². The number of carbonyl (C=O) groups is 4. The molecule has 0 aliphatic carbocycles. The molecule has 1 fully saturated rings. The molecule has 1 aliphatic rings. The van der Waals surface area contributed by atoms with Crippen molar-refractivity contribution in [3.8, 4) is 0 Å². The number of likely N-dealkylation sites (tertiary alicyclic amines) is 1. The van der Waals surface area contributed by atoms with E-state index >= 15 is 0 Å². The number of nitrogens with zero attached hydrogens (tertiary/aromatic N) is 2. The molecule has 0 saturated carbocycles. The average Bonchev–Trinajstić information content (AvgIpc) is 3.26. The fourth-order valence-corrected chi connectivity index (χ4v) is 4.70. The summed E-state index contributed by atoms with van der Waals surface area (Å²) in [6.45, 7) is 17.7. The Morgan fingerprint density at radius 2 is 1.52 bits per heavy atom. The molecule has 0 bridgehead atoms. The third kappa shape index (κ3) is 11.4. The van der Waals surface area contributed by atoms with Crippen LogP contribution in [0.1, 0.15) is 87.6 Å². The average molecular weight is 618 g/mol. The third-order valence-electron chi connectivity index (χ3n) is 6.47. The van der Waals surface area contributed by atoms with E-state index in [4.69, 9.17) is 18.9 Å². The van der Waals surface area contributed by atoms with Gasteiger partial charge in [0.15, 0.2) is 0 Å². The highest BCUT2D eigenvalue weighted by atomic mass is 16.6. The maximum atomic E-state index is 14.0. The number of rotatable bonds is 9. The first-order valence-corrected chi connectivity index (χ1v) is 15.1. The van der Waals surface area contributed by atoms with E-state index in [1.54, 1.807) is 74.5 Å². The molecule has 3 amide bonds. The van der Waals surface area contributed by atoms with Gasteiger partial charge < -0.3 is 29.2 Å². The van der Waals surface area contributed by atoms with Crippen LogP contribution in [0.5, 0.6) is 0 Å². The molecule has 0 aromatic heterocycles. The number of allylic oxidation sites excluding steroid dienone is 1. The first-order chi connectivity index (χ1) is 20.3. The molecular weight excluding hydrogens is 566 g/mol. The molecule has 1 aromatic rings. The maximum Gasteiger partial charge on any atom is 0.411 e. The molecule has 0 spiro atoms. The molecule has 1 unspecified atom stereocenters. The molecule has 1 aromatic carbocycles. The molecule has 1 heterocycles. The molecule has 1 N–H and O–H groups in total. The highest BCUT2D eigenvalue weighted by molar-refractivity contribution is 5.87. The molecule has 1 saturated heterocycles. The Kier molecular flexibility index (Phi) is 12.3. The SMILES string of the molecule is C/C=C/CC1(C(=O)OCc2ccccc2)C[C@@H](N(CCNC(=O)OC(C)(C)C)C(=O)OC(C)(C)C)CN1C(=O)OC(C)(C)C. The molecule has 2 rings (SSSR count). The molecule has 44 heavy (non-hydrogen) atoms. The maximum absolute atomic E-state index is 14.0. The van der Waals surface area contributed by atoms with Gasteiger partial charge >= 0.3 is 24.2 Å². The van der Waals surface area contributed by atoms with Crippen molar-refractivity contribution in [2.24, 2.45) is 0 Å². The predicted molar refractivity (Wildman–Crippen MR) is 167 cm³/mol. The summed E-state index contributed by atoms with van der Waals surface area (Å²) in [5.74, 6) is -0.608. The minimum absolute atomic E-state index is 0.0136. The summed E-state index contributed by atoms with van der Waals surface area (Å²) >= 11 is 0. The zero-order valence-electron chi connectivity index (χ0n) is 28.0. The number of nitrogens with one attached hydrogen (secondary N) is 1. The summed E-state index contributed by atoms with van der Waals surface area (Å²) in [5.41, 5.74) is -3.01. The Hall–Kier alpha value is -3.76. The zero-order chi connectivity index (χ0) is 33.3. The van der Waals surface area contributed by atoms with Gasteiger partial charge in [-0.1, -0.05) is 42.5 Å². The summed E-state index contributed by atoms with van der Waals surface area (Å²) in [6, 6.07) is 8.59. The van der Waals surface area contributed by atoms with Crippen LogP contribution in [-0.2, 0) is 30.3 Å². The molecule has 1 aliphatic heterocycles. The van der Waals surface area contributed by atoms with E-state index < -0.39 is 52.6 Å². The van der Waals surface area contributed by atoms with Crippen LogP contribution in [0, 0.1) is 0 Å². The van der Waals surface area contributed by atoms with Crippen molar-refractivity contribution in [3.63, 3.8) is 0 Å². The van der Waals surface area contributed by atoms with E-state index in [2.05, 4.69) is 5.32 Å². The summed E-state index contributed by atoms with van der Waals surface area (Å²) in [4.78, 5) is 56.4. The topological polar surface area (TPSA) is 124 Å². The molecule has 246 valence electrons. The lowest BCUT2D eigenvalue weighted by Gasteiger charge is -2.36. The van der Waals surface area contributed by atoms with Gasteiger partial charge in [0.05, 0.1) is 6.04 Å². The van der Waals surface area contributed by atoms with E-state index in [9.17, 15) is 19.2 Å². The van der Waals surface area contributed by atoms with Crippen LogP contribution in [0.4, 0.5) is 14.4 Å². The van der Waals surface area contributed by atoms with Crippen LogP contribution in [0.2, 0.25) is 0 Å². The van der Waals surface area contributed by atoms with Gasteiger partial charge in [-0.2, -0.15) is 0 Å². The number of ether oxygens (including phenoxy) is 4. The summed E-state index contributed by atoms with van der Waals surface area (Å²) in [7, 11) is 0. The van der Waals surface area contributed by atoms with Gasteiger partial charge in [0.25, 0.3) is 0 Å². The van der Waals surface area contributed by atoms with Gasteiger partial charge in [0, 0.05) is 26.1 Å². The molecule has 0 radical (unpaired) electrons. The van der Waals surface area contributed by atoms with Gasteiger partial charge in [-0.25, -0.2) is 19.2 Å². The van der Waals surface area contributed by atoms with Crippen LogP contribution >= 0.6 is 0 Å². The van der Waals surface area contributed by atoms with Crippen molar-refractivity contribution in [1.82, 2.24) is 15.1 Å². The first kappa shape index (κ1) is 36.4. The monoisotopic (exact) mass is 617 g/mol. The van der Waals surface area contributed by atoms with Crippen molar-refractivity contribution in [3.05, 3.63) is 48.0 Å². The van der Waals surface area contributed by atoms with E-state index in [1.807, 2.05) is 37.3 Å². The smallest absolute Gasteiger partial charge is 0.411 e. The number of esters is 1. The number of hydrogen-bond acceptors (Lipinski definition) is 8. The molecular formula is C33H51N3O8. The minimum Gasteiger partial charge on any atom is -0.459 e. The highest BCUT2D eigenvalue weighted by Crippen LogP contribution is 2.38. The van der Waals surface area contributed by atoms with Crippen LogP contribution in [-0.4, -0.2) is 82.1 Å². The second-order valence-corrected chi connectivity index (χ2v) is 13.9. The van der Waals surface area contributed by atoms with Gasteiger partial charge in [-0.05, 0) is 81.2 Å². The van der Waals surface area contributed by atoms with Crippen LogP contribution in [0.25, 0.3) is 0 Å². The Labute approximate surface area is 262 Å². The van der Waals surface area contributed by atoms with Crippen molar-refractivity contribution in [2.75, 3.05) is 19.6 Å². The largest absolute Gasteiger partial charge is 0.459 e. The Balaban J connectivity index is 2.47. The molecule has 11 heteroatoms. The lowest BCUT2D eigenvalue weighted by molar-refractivity contribution is -0.157. The predicted octanol–water partition coefficient (Wildman–Crippen LogP) is 6.21. The number of benzene rings is 1. The summed E-state index contributed by atoms with van der Waals surface area (Å²) in [6.07, 6.45) is 1.83. The molecule has 2 atom stereocenters. The fourth-order valence-electron chi connectivity index (χ4n) is 4.70. The Morgan fingerprint density at radius 3 is 2.07 bits per heavy atom. The van der Waals surface area contributed by atoms with Gasteiger partial charge in [0.2, 0.25) is 0 Å². The minimum atomic E-state index is -1.47. The number of carbonyl (C=O) groups excluding carboxylic acids is 4. The number of hydrogen-bond donors (Lipinski definition) is 1. The van der Waals surface area contributed by atoms with Crippen LogP contribution < -0.4 is 5.32 Å².